The Morgan fingerprint density at radius 2 is 2.33 bits per heavy atom. The predicted octanol–water partition coefficient (Wildman–Crippen LogP) is 4.05. The van der Waals surface area contributed by atoms with Crippen molar-refractivity contribution < 1.29 is 9.66 Å². The van der Waals surface area contributed by atoms with Crippen LogP contribution in [0.3, 0.4) is 0 Å². The Labute approximate surface area is 120 Å². The van der Waals surface area contributed by atoms with Crippen molar-refractivity contribution in [3.63, 3.8) is 0 Å². The minimum atomic E-state index is -0.486. The van der Waals surface area contributed by atoms with Crippen molar-refractivity contribution in [3.05, 3.63) is 48.3 Å². The Bertz CT molecular complexity index is 590. The molecule has 0 fully saturated rings. The quantitative estimate of drug-likeness (QED) is 0.617. The van der Waals surface area contributed by atoms with E-state index in [0.717, 1.165) is 4.88 Å². The highest BCUT2D eigenvalue weighted by atomic mass is 79.9. The third-order valence-corrected chi connectivity index (χ3v) is 3.59. The van der Waals surface area contributed by atoms with Crippen molar-refractivity contribution in [1.82, 2.24) is 4.98 Å². The zero-order valence-electron chi connectivity index (χ0n) is 8.80. The number of nitro benzene ring substituents is 1. The van der Waals surface area contributed by atoms with Gasteiger partial charge in [-0.25, -0.2) is 4.98 Å². The van der Waals surface area contributed by atoms with Gasteiger partial charge in [0.1, 0.15) is 6.61 Å². The fourth-order valence-corrected chi connectivity index (χ4v) is 2.49. The lowest BCUT2D eigenvalue weighted by molar-refractivity contribution is -0.386. The zero-order chi connectivity index (χ0) is 13.1. The molecule has 94 valence electrons. The van der Waals surface area contributed by atoms with Gasteiger partial charge < -0.3 is 4.74 Å². The molecule has 18 heavy (non-hydrogen) atoms. The Kier molecular flexibility index (Phi) is 4.15. The van der Waals surface area contributed by atoms with Gasteiger partial charge in [-0.3, -0.25) is 10.1 Å². The van der Waals surface area contributed by atoms with Crippen LogP contribution in [0.25, 0.3) is 0 Å². The average Bonchev–Trinajstić information content (AvgIpc) is 2.73. The van der Waals surface area contributed by atoms with Gasteiger partial charge in [-0.1, -0.05) is 27.5 Å². The third kappa shape index (κ3) is 3.18. The molecular formula is C10H6BrClN2O3S. The summed E-state index contributed by atoms with van der Waals surface area (Å²) in [6, 6.07) is 4.63. The summed E-state index contributed by atoms with van der Waals surface area (Å²) in [4.78, 5) is 15.0. The minimum absolute atomic E-state index is 0.0833. The third-order valence-electron chi connectivity index (χ3n) is 2.01. The number of aromatic nitrogens is 1. The Morgan fingerprint density at radius 3 is 2.94 bits per heavy atom. The van der Waals surface area contributed by atoms with E-state index in [9.17, 15) is 10.1 Å². The lowest BCUT2D eigenvalue weighted by Gasteiger charge is -2.05. The summed E-state index contributed by atoms with van der Waals surface area (Å²) in [5, 5.41) is 10.9. The van der Waals surface area contributed by atoms with Gasteiger partial charge >= 0.3 is 5.69 Å². The fraction of sp³-hybridized carbons (Fsp3) is 0.100. The highest BCUT2D eigenvalue weighted by Gasteiger charge is 2.15. The van der Waals surface area contributed by atoms with E-state index in [2.05, 4.69) is 20.9 Å². The second-order valence-electron chi connectivity index (χ2n) is 3.24. The van der Waals surface area contributed by atoms with Crippen molar-refractivity contribution >= 4 is 44.6 Å². The van der Waals surface area contributed by atoms with E-state index in [1.54, 1.807) is 18.3 Å². The van der Waals surface area contributed by atoms with Gasteiger partial charge in [0.2, 0.25) is 0 Å². The van der Waals surface area contributed by atoms with Gasteiger partial charge in [0.15, 0.2) is 10.2 Å². The molecular weight excluding hydrogens is 344 g/mol. The molecule has 1 heterocycles. The summed E-state index contributed by atoms with van der Waals surface area (Å²) >= 11 is 10.1. The van der Waals surface area contributed by atoms with Crippen LogP contribution >= 0.6 is 38.9 Å². The lowest BCUT2D eigenvalue weighted by Crippen LogP contribution is -1.97. The predicted molar refractivity (Wildman–Crippen MR) is 72.3 cm³/mol. The Balaban J connectivity index is 2.16. The summed E-state index contributed by atoms with van der Waals surface area (Å²) in [5.41, 5.74) is -0.0833. The van der Waals surface area contributed by atoms with Crippen molar-refractivity contribution in [2.24, 2.45) is 0 Å². The topological polar surface area (TPSA) is 65.3 Å². The number of thiazole rings is 1. The molecule has 1 aromatic carbocycles. The first kappa shape index (κ1) is 13.3. The molecule has 0 amide bonds. The molecule has 0 saturated heterocycles. The Morgan fingerprint density at radius 1 is 1.56 bits per heavy atom. The van der Waals surface area contributed by atoms with Crippen LogP contribution in [0.1, 0.15) is 4.88 Å². The molecule has 0 N–H and O–H groups in total. The van der Waals surface area contributed by atoms with Crippen molar-refractivity contribution in [3.8, 4) is 5.75 Å². The molecule has 0 aliphatic heterocycles. The lowest BCUT2D eigenvalue weighted by atomic mass is 10.3. The van der Waals surface area contributed by atoms with Gasteiger partial charge in [0.05, 0.1) is 9.80 Å². The molecule has 0 unspecified atom stereocenters. The van der Waals surface area contributed by atoms with Crippen LogP contribution in [0.5, 0.6) is 5.75 Å². The number of hydrogen-bond donors (Lipinski definition) is 0. The van der Waals surface area contributed by atoms with E-state index in [-0.39, 0.29) is 18.0 Å². The summed E-state index contributed by atoms with van der Waals surface area (Å²) in [5.74, 6) is 0.215. The van der Waals surface area contributed by atoms with Crippen LogP contribution in [0, 0.1) is 10.1 Å². The normalized spacial score (nSPS) is 10.3. The molecule has 0 aliphatic rings. The first-order valence-electron chi connectivity index (χ1n) is 4.73. The highest BCUT2D eigenvalue weighted by molar-refractivity contribution is 9.10. The van der Waals surface area contributed by atoms with Crippen LogP contribution in [-0.2, 0) is 6.61 Å². The molecule has 0 aliphatic carbocycles. The molecule has 2 aromatic rings. The average molecular weight is 350 g/mol. The van der Waals surface area contributed by atoms with E-state index in [1.165, 1.54) is 17.4 Å². The zero-order valence-corrected chi connectivity index (χ0v) is 12.0. The van der Waals surface area contributed by atoms with Crippen LogP contribution in [-0.4, -0.2) is 9.91 Å². The first-order chi connectivity index (χ1) is 8.56. The van der Waals surface area contributed by atoms with Gasteiger partial charge in [-0.05, 0) is 12.1 Å². The number of hydrogen-bond acceptors (Lipinski definition) is 5. The van der Waals surface area contributed by atoms with Crippen LogP contribution in [0.4, 0.5) is 5.69 Å². The Hall–Kier alpha value is -1.18. The van der Waals surface area contributed by atoms with E-state index < -0.39 is 4.92 Å². The largest absolute Gasteiger partial charge is 0.481 e. The molecule has 0 saturated carbocycles. The highest BCUT2D eigenvalue weighted by Crippen LogP contribution is 2.31. The summed E-state index contributed by atoms with van der Waals surface area (Å²) in [6.07, 6.45) is 1.58. The van der Waals surface area contributed by atoms with Gasteiger partial charge in [-0.15, -0.1) is 11.3 Å². The molecule has 5 nitrogen and oxygen atoms in total. The van der Waals surface area contributed by atoms with E-state index in [0.29, 0.717) is 8.94 Å². The molecule has 8 heteroatoms. The maximum absolute atomic E-state index is 10.9. The van der Waals surface area contributed by atoms with Crippen molar-refractivity contribution in [1.29, 1.82) is 0 Å². The van der Waals surface area contributed by atoms with E-state index in [1.807, 2.05) is 0 Å². The maximum Gasteiger partial charge on any atom is 0.312 e. The van der Waals surface area contributed by atoms with E-state index in [4.69, 9.17) is 16.3 Å². The second kappa shape index (κ2) is 5.64. The number of nitro groups is 1. The van der Waals surface area contributed by atoms with Gasteiger partial charge in [0, 0.05) is 16.7 Å². The van der Waals surface area contributed by atoms with Crippen molar-refractivity contribution in [2.75, 3.05) is 0 Å². The van der Waals surface area contributed by atoms with Crippen LogP contribution in [0.15, 0.2) is 28.9 Å². The van der Waals surface area contributed by atoms with Crippen LogP contribution < -0.4 is 4.74 Å². The number of nitrogens with zero attached hydrogens (tertiary/aromatic N) is 2. The number of halogens is 2. The standard InChI is InChI=1S/C10H6BrClN2O3S/c11-6-1-2-9(8(3-6)14(15)16)17-5-7-4-13-10(12)18-7/h1-4H,5H2. The molecule has 1 aromatic heterocycles. The molecule has 0 radical (unpaired) electrons. The molecule has 0 atom stereocenters. The monoisotopic (exact) mass is 348 g/mol. The number of rotatable bonds is 4. The number of ether oxygens (including phenoxy) is 1. The number of benzene rings is 1. The first-order valence-corrected chi connectivity index (χ1v) is 6.72. The molecule has 2 rings (SSSR count). The maximum atomic E-state index is 10.9. The SMILES string of the molecule is O=[N+]([O-])c1cc(Br)ccc1OCc1cnc(Cl)s1. The summed E-state index contributed by atoms with van der Waals surface area (Å²) in [7, 11) is 0. The van der Waals surface area contributed by atoms with Crippen molar-refractivity contribution in [2.45, 2.75) is 6.61 Å². The summed E-state index contributed by atoms with van der Waals surface area (Å²) < 4.78 is 6.44. The van der Waals surface area contributed by atoms with Gasteiger partial charge in [-0.2, -0.15) is 0 Å². The summed E-state index contributed by atoms with van der Waals surface area (Å²) in [6.45, 7) is 0.201. The second-order valence-corrected chi connectivity index (χ2v) is 5.85. The smallest absolute Gasteiger partial charge is 0.312 e. The van der Waals surface area contributed by atoms with E-state index >= 15 is 0 Å². The van der Waals surface area contributed by atoms with Crippen LogP contribution in [0.2, 0.25) is 4.47 Å². The fourth-order valence-electron chi connectivity index (χ4n) is 1.25. The molecule has 0 spiro atoms. The van der Waals surface area contributed by atoms with Gasteiger partial charge in [0.25, 0.3) is 0 Å². The molecule has 0 bridgehead atoms. The minimum Gasteiger partial charge on any atom is -0.481 e.